The summed E-state index contributed by atoms with van der Waals surface area (Å²) in [4.78, 5) is 12.2. The molecule has 0 heterocycles. The van der Waals surface area contributed by atoms with Crippen molar-refractivity contribution < 1.29 is 9.90 Å². The van der Waals surface area contributed by atoms with Gasteiger partial charge < -0.3 is 10.4 Å². The number of aliphatic hydroxyl groups excluding tert-OH is 1. The van der Waals surface area contributed by atoms with Gasteiger partial charge in [0.25, 0.3) is 5.91 Å². The number of halogens is 1. The molecule has 1 amide bonds. The number of aryl methyl sites for hydroxylation is 1. The van der Waals surface area contributed by atoms with Crippen LogP contribution in [0.25, 0.3) is 0 Å². The molecule has 2 rings (SSSR count). The molecule has 0 bridgehead atoms. The normalized spacial score (nSPS) is 11.9. The molecule has 0 aromatic heterocycles. The summed E-state index contributed by atoms with van der Waals surface area (Å²) in [6, 6.07) is 14.1. The third-order valence-corrected chi connectivity index (χ3v) is 3.37. The lowest BCUT2D eigenvalue weighted by atomic mass is 10.1. The topological polar surface area (TPSA) is 49.3 Å². The van der Waals surface area contributed by atoms with E-state index >= 15 is 0 Å². The van der Waals surface area contributed by atoms with Gasteiger partial charge in [-0.05, 0) is 30.2 Å². The first-order chi connectivity index (χ1) is 9.61. The van der Waals surface area contributed by atoms with Gasteiger partial charge in [0.1, 0.15) is 0 Å². The number of amides is 1. The van der Waals surface area contributed by atoms with E-state index in [0.29, 0.717) is 10.6 Å². The van der Waals surface area contributed by atoms with Crippen molar-refractivity contribution in [1.82, 2.24) is 5.32 Å². The number of benzene rings is 2. The molecule has 2 aromatic carbocycles. The zero-order valence-electron chi connectivity index (χ0n) is 11.1. The van der Waals surface area contributed by atoms with Gasteiger partial charge in [0.15, 0.2) is 0 Å². The summed E-state index contributed by atoms with van der Waals surface area (Å²) in [6.45, 7) is 1.74. The Balaban J connectivity index is 2.17. The SMILES string of the molecule is Cc1ccc(C(=O)N[C@@H](CO)c2ccccc2)c(Cl)c1. The van der Waals surface area contributed by atoms with Crippen molar-refractivity contribution in [2.75, 3.05) is 6.61 Å². The van der Waals surface area contributed by atoms with E-state index in [2.05, 4.69) is 5.32 Å². The third-order valence-electron chi connectivity index (χ3n) is 3.06. The van der Waals surface area contributed by atoms with Gasteiger partial charge in [0, 0.05) is 0 Å². The molecule has 0 aliphatic carbocycles. The Morgan fingerprint density at radius 2 is 1.95 bits per heavy atom. The van der Waals surface area contributed by atoms with E-state index in [0.717, 1.165) is 11.1 Å². The van der Waals surface area contributed by atoms with Crippen molar-refractivity contribution >= 4 is 17.5 Å². The Labute approximate surface area is 123 Å². The van der Waals surface area contributed by atoms with E-state index in [9.17, 15) is 9.90 Å². The van der Waals surface area contributed by atoms with Crippen LogP contribution in [0.1, 0.15) is 27.5 Å². The number of nitrogens with one attached hydrogen (secondary N) is 1. The van der Waals surface area contributed by atoms with Crippen LogP contribution in [-0.2, 0) is 0 Å². The molecule has 0 radical (unpaired) electrons. The maximum Gasteiger partial charge on any atom is 0.253 e. The number of aliphatic hydroxyl groups is 1. The molecule has 3 nitrogen and oxygen atoms in total. The van der Waals surface area contributed by atoms with Gasteiger partial charge in [0.05, 0.1) is 23.2 Å². The number of carbonyl (C=O) groups excluding carboxylic acids is 1. The van der Waals surface area contributed by atoms with Gasteiger partial charge in [-0.2, -0.15) is 0 Å². The minimum Gasteiger partial charge on any atom is -0.394 e. The van der Waals surface area contributed by atoms with Crippen LogP contribution in [-0.4, -0.2) is 17.6 Å². The number of rotatable bonds is 4. The van der Waals surface area contributed by atoms with Gasteiger partial charge >= 0.3 is 0 Å². The van der Waals surface area contributed by atoms with Crippen LogP contribution < -0.4 is 5.32 Å². The van der Waals surface area contributed by atoms with E-state index in [1.54, 1.807) is 12.1 Å². The van der Waals surface area contributed by atoms with Crippen molar-refractivity contribution in [2.24, 2.45) is 0 Å². The van der Waals surface area contributed by atoms with Crippen molar-refractivity contribution in [1.29, 1.82) is 0 Å². The van der Waals surface area contributed by atoms with Gasteiger partial charge in [-0.1, -0.05) is 48.0 Å². The molecule has 0 spiro atoms. The number of carbonyl (C=O) groups is 1. The fraction of sp³-hybridized carbons (Fsp3) is 0.188. The molecular formula is C16H16ClNO2. The molecule has 0 aliphatic rings. The lowest BCUT2D eigenvalue weighted by Crippen LogP contribution is -2.30. The van der Waals surface area contributed by atoms with E-state index < -0.39 is 6.04 Å². The van der Waals surface area contributed by atoms with Crippen LogP contribution in [0.4, 0.5) is 0 Å². The molecule has 2 aromatic rings. The molecule has 0 fully saturated rings. The van der Waals surface area contributed by atoms with Gasteiger partial charge in [0.2, 0.25) is 0 Å². The summed E-state index contributed by atoms with van der Waals surface area (Å²) in [5.74, 6) is -0.294. The van der Waals surface area contributed by atoms with Gasteiger partial charge in [-0.25, -0.2) is 0 Å². The highest BCUT2D eigenvalue weighted by Crippen LogP contribution is 2.19. The Kier molecular flexibility index (Phi) is 4.77. The summed E-state index contributed by atoms with van der Waals surface area (Å²) in [5.41, 5.74) is 2.26. The molecule has 4 heteroatoms. The number of hydrogen-bond donors (Lipinski definition) is 2. The standard InChI is InChI=1S/C16H16ClNO2/c1-11-7-8-13(14(17)9-11)16(20)18-15(10-19)12-5-3-2-4-6-12/h2-9,15,19H,10H2,1H3,(H,18,20)/t15-/m0/s1. The largest absolute Gasteiger partial charge is 0.394 e. The van der Waals surface area contributed by atoms with Crippen LogP contribution in [0, 0.1) is 6.92 Å². The van der Waals surface area contributed by atoms with Gasteiger partial charge in [-0.3, -0.25) is 4.79 Å². The van der Waals surface area contributed by atoms with Crippen molar-refractivity contribution in [3.63, 3.8) is 0 Å². The Morgan fingerprint density at radius 3 is 2.55 bits per heavy atom. The van der Waals surface area contributed by atoms with E-state index in [1.165, 1.54) is 0 Å². The molecule has 0 saturated heterocycles. The van der Waals surface area contributed by atoms with E-state index in [1.807, 2.05) is 43.3 Å². The summed E-state index contributed by atoms with van der Waals surface area (Å²) >= 11 is 6.07. The number of hydrogen-bond acceptors (Lipinski definition) is 2. The predicted molar refractivity (Wildman–Crippen MR) is 79.9 cm³/mol. The predicted octanol–water partition coefficient (Wildman–Crippen LogP) is 3.11. The summed E-state index contributed by atoms with van der Waals surface area (Å²) in [7, 11) is 0. The maximum absolute atomic E-state index is 12.2. The first-order valence-electron chi connectivity index (χ1n) is 6.34. The molecule has 0 aliphatic heterocycles. The zero-order valence-corrected chi connectivity index (χ0v) is 11.9. The molecule has 1 atom stereocenters. The minimum absolute atomic E-state index is 0.167. The Bertz CT molecular complexity index is 599. The quantitative estimate of drug-likeness (QED) is 0.908. The zero-order chi connectivity index (χ0) is 14.5. The molecule has 0 unspecified atom stereocenters. The smallest absolute Gasteiger partial charge is 0.253 e. The fourth-order valence-electron chi connectivity index (χ4n) is 1.96. The van der Waals surface area contributed by atoms with Crippen LogP contribution in [0.2, 0.25) is 5.02 Å². The van der Waals surface area contributed by atoms with Crippen LogP contribution in [0.5, 0.6) is 0 Å². The van der Waals surface area contributed by atoms with Crippen LogP contribution >= 0.6 is 11.6 Å². The first-order valence-corrected chi connectivity index (χ1v) is 6.72. The van der Waals surface area contributed by atoms with E-state index in [4.69, 9.17) is 11.6 Å². The van der Waals surface area contributed by atoms with Crippen molar-refractivity contribution in [3.8, 4) is 0 Å². The van der Waals surface area contributed by atoms with Crippen molar-refractivity contribution in [2.45, 2.75) is 13.0 Å². The van der Waals surface area contributed by atoms with Gasteiger partial charge in [-0.15, -0.1) is 0 Å². The second-order valence-electron chi connectivity index (χ2n) is 4.60. The summed E-state index contributed by atoms with van der Waals surface area (Å²) in [5, 5.41) is 12.6. The third kappa shape index (κ3) is 3.38. The summed E-state index contributed by atoms with van der Waals surface area (Å²) < 4.78 is 0. The average Bonchev–Trinajstić information content (AvgIpc) is 2.45. The monoisotopic (exact) mass is 289 g/mol. The fourth-order valence-corrected chi connectivity index (χ4v) is 2.28. The highest BCUT2D eigenvalue weighted by atomic mass is 35.5. The lowest BCUT2D eigenvalue weighted by Gasteiger charge is -2.17. The first kappa shape index (κ1) is 14.6. The molecule has 104 valence electrons. The molecular weight excluding hydrogens is 274 g/mol. The minimum atomic E-state index is -0.443. The second-order valence-corrected chi connectivity index (χ2v) is 5.01. The molecule has 20 heavy (non-hydrogen) atoms. The lowest BCUT2D eigenvalue weighted by molar-refractivity contribution is 0.0916. The second kappa shape index (κ2) is 6.55. The van der Waals surface area contributed by atoms with Crippen LogP contribution in [0.15, 0.2) is 48.5 Å². The highest BCUT2D eigenvalue weighted by molar-refractivity contribution is 6.33. The van der Waals surface area contributed by atoms with Crippen LogP contribution in [0.3, 0.4) is 0 Å². The van der Waals surface area contributed by atoms with E-state index in [-0.39, 0.29) is 12.5 Å². The summed E-state index contributed by atoms with van der Waals surface area (Å²) in [6.07, 6.45) is 0. The Morgan fingerprint density at radius 1 is 1.25 bits per heavy atom. The molecule has 2 N–H and O–H groups in total. The Hall–Kier alpha value is -1.84. The highest BCUT2D eigenvalue weighted by Gasteiger charge is 2.16. The average molecular weight is 290 g/mol. The maximum atomic E-state index is 12.2. The molecule has 0 saturated carbocycles. The van der Waals surface area contributed by atoms with Crippen molar-refractivity contribution in [3.05, 3.63) is 70.2 Å².